The Balaban J connectivity index is 1.39. The van der Waals surface area contributed by atoms with Crippen molar-refractivity contribution in [3.63, 3.8) is 0 Å². The van der Waals surface area contributed by atoms with Crippen LogP contribution in [0.2, 0.25) is 0 Å². The van der Waals surface area contributed by atoms with E-state index in [9.17, 15) is 9.59 Å². The maximum absolute atomic E-state index is 12.4. The molecule has 8 heteroatoms. The zero-order chi connectivity index (χ0) is 19.5. The van der Waals surface area contributed by atoms with Gasteiger partial charge >= 0.3 is 6.09 Å². The number of nitrogens with zero attached hydrogens (tertiary/aromatic N) is 3. The second-order valence-corrected chi connectivity index (χ2v) is 6.74. The average molecular weight is 382 g/mol. The summed E-state index contributed by atoms with van der Waals surface area (Å²) < 4.78 is 11.2. The van der Waals surface area contributed by atoms with Gasteiger partial charge in [-0.05, 0) is 17.7 Å². The van der Waals surface area contributed by atoms with Gasteiger partial charge in [-0.15, -0.1) is 0 Å². The molecule has 2 amide bonds. The molecule has 2 aliphatic heterocycles. The fraction of sp³-hybridized carbons (Fsp3) is 0.350. The molecular weight excluding hydrogens is 360 g/mol. The molecule has 0 spiro atoms. The van der Waals surface area contributed by atoms with Gasteiger partial charge in [0.1, 0.15) is 24.6 Å². The third-order valence-corrected chi connectivity index (χ3v) is 4.97. The largest absolute Gasteiger partial charge is 0.474 e. The first-order chi connectivity index (χ1) is 13.7. The van der Waals surface area contributed by atoms with E-state index in [1.165, 1.54) is 0 Å². The smallest absolute Gasteiger partial charge is 0.410 e. The van der Waals surface area contributed by atoms with E-state index in [0.29, 0.717) is 37.8 Å². The van der Waals surface area contributed by atoms with E-state index in [-0.39, 0.29) is 24.6 Å². The first-order valence-corrected chi connectivity index (χ1v) is 9.24. The van der Waals surface area contributed by atoms with E-state index in [0.717, 1.165) is 11.3 Å². The maximum Gasteiger partial charge on any atom is 0.410 e. The Kier molecular flexibility index (Phi) is 5.01. The molecule has 0 bridgehead atoms. The fourth-order valence-corrected chi connectivity index (χ4v) is 3.48. The molecule has 0 unspecified atom stereocenters. The number of hydrogen-bond acceptors (Lipinski definition) is 6. The third kappa shape index (κ3) is 3.58. The summed E-state index contributed by atoms with van der Waals surface area (Å²) in [6.45, 7) is 2.39. The van der Waals surface area contributed by atoms with E-state index in [2.05, 4.69) is 15.2 Å². The molecule has 1 saturated heterocycles. The van der Waals surface area contributed by atoms with Gasteiger partial charge in [0, 0.05) is 26.7 Å². The van der Waals surface area contributed by atoms with Crippen LogP contribution in [0.15, 0.2) is 42.5 Å². The number of benzene rings is 1. The van der Waals surface area contributed by atoms with Gasteiger partial charge in [-0.3, -0.25) is 4.79 Å². The van der Waals surface area contributed by atoms with Gasteiger partial charge in [-0.2, -0.15) is 0 Å². The van der Waals surface area contributed by atoms with Crippen molar-refractivity contribution in [3.05, 3.63) is 53.7 Å². The molecule has 28 heavy (non-hydrogen) atoms. The van der Waals surface area contributed by atoms with Crippen LogP contribution in [0.3, 0.4) is 0 Å². The predicted octanol–water partition coefficient (Wildman–Crippen LogP) is 1.66. The molecule has 8 nitrogen and oxygen atoms in total. The average Bonchev–Trinajstić information content (AvgIpc) is 2.76. The number of anilines is 1. The number of hydrogen-bond donors (Lipinski definition) is 1. The van der Waals surface area contributed by atoms with Crippen LogP contribution >= 0.6 is 0 Å². The summed E-state index contributed by atoms with van der Waals surface area (Å²) in [5.41, 5.74) is 2.13. The second-order valence-electron chi connectivity index (χ2n) is 6.74. The molecule has 3 heterocycles. The van der Waals surface area contributed by atoms with Gasteiger partial charge in [0.05, 0.1) is 6.04 Å². The lowest BCUT2D eigenvalue weighted by Crippen LogP contribution is -2.58. The number of rotatable bonds is 3. The van der Waals surface area contributed by atoms with E-state index in [1.807, 2.05) is 36.4 Å². The summed E-state index contributed by atoms with van der Waals surface area (Å²) in [5.74, 6) is 0.206. The zero-order valence-electron chi connectivity index (χ0n) is 15.6. The third-order valence-electron chi connectivity index (χ3n) is 4.97. The Labute approximate surface area is 163 Å². The number of nitrogens with one attached hydrogen (secondary N) is 1. The summed E-state index contributed by atoms with van der Waals surface area (Å²) in [6, 6.07) is 13.2. The lowest BCUT2D eigenvalue weighted by atomic mass is 10.1. The van der Waals surface area contributed by atoms with E-state index in [4.69, 9.17) is 9.47 Å². The molecule has 0 aliphatic carbocycles. The van der Waals surface area contributed by atoms with Crippen molar-refractivity contribution >= 4 is 17.7 Å². The van der Waals surface area contributed by atoms with E-state index >= 15 is 0 Å². The van der Waals surface area contributed by atoms with Crippen molar-refractivity contribution < 1.29 is 19.1 Å². The highest BCUT2D eigenvalue weighted by Gasteiger charge is 2.36. The molecule has 1 N–H and O–H groups in total. The van der Waals surface area contributed by atoms with E-state index in [1.54, 1.807) is 18.0 Å². The number of amides is 2. The molecule has 4 rings (SSSR count). The predicted molar refractivity (Wildman–Crippen MR) is 102 cm³/mol. The topological polar surface area (TPSA) is 84.0 Å². The minimum absolute atomic E-state index is 0.0261. The Hall–Kier alpha value is -3.29. The lowest BCUT2D eigenvalue weighted by Gasteiger charge is -2.44. The first-order valence-electron chi connectivity index (χ1n) is 9.24. The number of pyridine rings is 1. The second kappa shape index (κ2) is 7.75. The minimum atomic E-state index is -0.317. The molecule has 2 aromatic rings. The van der Waals surface area contributed by atoms with Crippen LogP contribution in [-0.2, 0) is 11.3 Å². The number of carbonyl (C=O) groups excluding carboxylic acids is 2. The molecular formula is C20H22N4O4. The van der Waals surface area contributed by atoms with Gasteiger partial charge in [-0.25, -0.2) is 9.78 Å². The Morgan fingerprint density at radius 2 is 2.04 bits per heavy atom. The molecule has 1 aromatic carbocycles. The quantitative estimate of drug-likeness (QED) is 0.869. The Morgan fingerprint density at radius 1 is 1.21 bits per heavy atom. The van der Waals surface area contributed by atoms with Crippen LogP contribution in [0.5, 0.6) is 5.88 Å². The normalized spacial score (nSPS) is 17.8. The Bertz CT molecular complexity index is 874. The molecule has 1 atom stereocenters. The van der Waals surface area contributed by atoms with Crippen LogP contribution in [0.25, 0.3) is 0 Å². The highest BCUT2D eigenvalue weighted by Crippen LogP contribution is 2.34. The number of fused-ring (bicyclic) bond motifs is 3. The summed E-state index contributed by atoms with van der Waals surface area (Å²) in [6.07, 6.45) is -0.317. The van der Waals surface area contributed by atoms with Gasteiger partial charge in [-0.1, -0.05) is 30.3 Å². The molecule has 2 aliphatic rings. The summed E-state index contributed by atoms with van der Waals surface area (Å²) >= 11 is 0. The minimum Gasteiger partial charge on any atom is -0.474 e. The molecule has 1 fully saturated rings. The van der Waals surface area contributed by atoms with Crippen molar-refractivity contribution in [2.75, 3.05) is 38.2 Å². The van der Waals surface area contributed by atoms with Gasteiger partial charge in [0.25, 0.3) is 5.91 Å². The first kappa shape index (κ1) is 18.1. The standard InChI is InChI=1S/C20H22N4O4/c1-21-18(25)16-7-8-17-19(22-16)27-13-15-11-23(9-10-24(15)17)20(26)28-12-14-5-3-2-4-6-14/h2-8,15H,9-13H2,1H3,(H,21,25)/t15-/m1/s1. The van der Waals surface area contributed by atoms with Crippen LogP contribution in [0.4, 0.5) is 10.5 Å². The van der Waals surface area contributed by atoms with Crippen LogP contribution in [-0.4, -0.2) is 61.2 Å². The Morgan fingerprint density at radius 3 is 2.82 bits per heavy atom. The number of piperazine rings is 1. The van der Waals surface area contributed by atoms with Crippen molar-refractivity contribution in [2.24, 2.45) is 0 Å². The SMILES string of the molecule is CNC(=O)c1ccc2c(n1)OC[C@H]1CN(C(=O)OCc3ccccc3)CCN21. The lowest BCUT2D eigenvalue weighted by molar-refractivity contribution is 0.0823. The van der Waals surface area contributed by atoms with Crippen molar-refractivity contribution in [1.82, 2.24) is 15.2 Å². The number of aromatic nitrogens is 1. The van der Waals surface area contributed by atoms with Gasteiger partial charge < -0.3 is 24.6 Å². The summed E-state index contributed by atoms with van der Waals surface area (Å²) in [4.78, 5) is 32.4. The van der Waals surface area contributed by atoms with Crippen LogP contribution < -0.4 is 15.0 Å². The van der Waals surface area contributed by atoms with Crippen molar-refractivity contribution in [3.8, 4) is 5.88 Å². The van der Waals surface area contributed by atoms with E-state index < -0.39 is 0 Å². The number of carbonyl (C=O) groups is 2. The van der Waals surface area contributed by atoms with Gasteiger partial charge in [0.15, 0.2) is 0 Å². The summed E-state index contributed by atoms with van der Waals surface area (Å²) in [7, 11) is 1.57. The molecule has 0 radical (unpaired) electrons. The van der Waals surface area contributed by atoms with Crippen molar-refractivity contribution in [2.45, 2.75) is 12.6 Å². The monoisotopic (exact) mass is 382 g/mol. The van der Waals surface area contributed by atoms with Crippen LogP contribution in [0.1, 0.15) is 16.1 Å². The van der Waals surface area contributed by atoms with Gasteiger partial charge in [0.2, 0.25) is 5.88 Å². The number of ether oxygens (including phenoxy) is 2. The highest BCUT2D eigenvalue weighted by molar-refractivity contribution is 5.92. The fourth-order valence-electron chi connectivity index (χ4n) is 3.48. The molecule has 0 saturated carbocycles. The highest BCUT2D eigenvalue weighted by atomic mass is 16.6. The molecule has 146 valence electrons. The summed E-state index contributed by atoms with van der Waals surface area (Å²) in [5, 5.41) is 2.56. The van der Waals surface area contributed by atoms with Crippen molar-refractivity contribution in [1.29, 1.82) is 0 Å². The molecule has 1 aromatic heterocycles. The zero-order valence-corrected chi connectivity index (χ0v) is 15.6. The maximum atomic E-state index is 12.4. The van der Waals surface area contributed by atoms with Crippen LogP contribution in [0, 0.1) is 0 Å².